The lowest BCUT2D eigenvalue weighted by atomic mass is 10.1. The standard InChI is InChI=1S/C15H24N4O2/c1-15(2,3)21-14(20)19(11-5-4-7-17-9-11)13-10-18-8-6-12(13)16/h6,8,10-11,17H,4-5,7,9H2,1-3H3,(H2,16,18). The first-order valence-electron chi connectivity index (χ1n) is 7.31. The van der Waals surface area contributed by atoms with Crippen LogP contribution in [0.3, 0.4) is 0 Å². The van der Waals surface area contributed by atoms with Gasteiger partial charge in [-0.2, -0.15) is 0 Å². The number of carbonyl (C=O) groups excluding carboxylic acids is 1. The molecule has 1 unspecified atom stereocenters. The predicted octanol–water partition coefficient (Wildman–Crippen LogP) is 2.16. The number of ether oxygens (including phenoxy) is 1. The number of nitrogens with two attached hydrogens (primary N) is 1. The van der Waals surface area contributed by atoms with Crippen molar-refractivity contribution < 1.29 is 9.53 Å². The Morgan fingerprint density at radius 3 is 2.86 bits per heavy atom. The van der Waals surface area contributed by atoms with E-state index >= 15 is 0 Å². The van der Waals surface area contributed by atoms with Crippen molar-refractivity contribution in [3.8, 4) is 0 Å². The SMILES string of the molecule is CC(C)(C)OC(=O)N(c1cnccc1N)C1CCCNC1. The quantitative estimate of drug-likeness (QED) is 0.873. The summed E-state index contributed by atoms with van der Waals surface area (Å²) < 4.78 is 5.54. The third-order valence-electron chi connectivity index (χ3n) is 3.32. The summed E-state index contributed by atoms with van der Waals surface area (Å²) in [5.41, 5.74) is 6.61. The molecule has 1 saturated heterocycles. The van der Waals surface area contributed by atoms with Crippen molar-refractivity contribution in [3.63, 3.8) is 0 Å². The molecule has 0 aliphatic carbocycles. The number of nitrogens with zero attached hydrogens (tertiary/aromatic N) is 2. The van der Waals surface area contributed by atoms with Crippen LogP contribution in [0.1, 0.15) is 33.6 Å². The number of carbonyl (C=O) groups is 1. The van der Waals surface area contributed by atoms with Gasteiger partial charge in [-0.15, -0.1) is 0 Å². The molecule has 1 aromatic rings. The molecule has 1 aliphatic rings. The van der Waals surface area contributed by atoms with Crippen LogP contribution in [0, 0.1) is 0 Å². The number of rotatable bonds is 2. The summed E-state index contributed by atoms with van der Waals surface area (Å²) in [4.78, 5) is 18.3. The van der Waals surface area contributed by atoms with E-state index in [9.17, 15) is 4.79 Å². The molecule has 6 heteroatoms. The molecule has 2 heterocycles. The number of anilines is 2. The fourth-order valence-electron chi connectivity index (χ4n) is 2.41. The summed E-state index contributed by atoms with van der Waals surface area (Å²) in [6, 6.07) is 1.73. The van der Waals surface area contributed by atoms with Gasteiger partial charge in [-0.25, -0.2) is 4.79 Å². The molecular formula is C15H24N4O2. The van der Waals surface area contributed by atoms with Crippen molar-refractivity contribution in [2.45, 2.75) is 45.3 Å². The Hall–Kier alpha value is -1.82. The highest BCUT2D eigenvalue weighted by Crippen LogP contribution is 2.27. The first-order chi connectivity index (χ1) is 9.88. The second-order valence-electron chi connectivity index (χ2n) is 6.29. The van der Waals surface area contributed by atoms with Gasteiger partial charge in [0.15, 0.2) is 0 Å². The Morgan fingerprint density at radius 1 is 1.52 bits per heavy atom. The monoisotopic (exact) mass is 292 g/mol. The molecule has 0 radical (unpaired) electrons. The fourth-order valence-corrected chi connectivity index (χ4v) is 2.41. The minimum absolute atomic E-state index is 0.0279. The summed E-state index contributed by atoms with van der Waals surface area (Å²) in [5.74, 6) is 0. The zero-order valence-electron chi connectivity index (χ0n) is 12.9. The molecule has 2 rings (SSSR count). The summed E-state index contributed by atoms with van der Waals surface area (Å²) in [5, 5.41) is 3.31. The van der Waals surface area contributed by atoms with Gasteiger partial charge in [-0.05, 0) is 46.2 Å². The first-order valence-corrected chi connectivity index (χ1v) is 7.31. The van der Waals surface area contributed by atoms with Crippen molar-refractivity contribution in [1.82, 2.24) is 10.3 Å². The molecule has 1 atom stereocenters. The Balaban J connectivity index is 2.30. The number of pyridine rings is 1. The van der Waals surface area contributed by atoms with E-state index in [1.165, 1.54) is 0 Å². The number of hydrogen-bond acceptors (Lipinski definition) is 5. The van der Waals surface area contributed by atoms with Gasteiger partial charge in [-0.1, -0.05) is 0 Å². The van der Waals surface area contributed by atoms with Crippen LogP contribution in [0.15, 0.2) is 18.5 Å². The number of nitrogens with one attached hydrogen (secondary N) is 1. The zero-order valence-corrected chi connectivity index (χ0v) is 12.9. The van der Waals surface area contributed by atoms with Gasteiger partial charge in [0, 0.05) is 12.7 Å². The Bertz CT molecular complexity index is 493. The van der Waals surface area contributed by atoms with Crippen molar-refractivity contribution in [1.29, 1.82) is 0 Å². The molecule has 116 valence electrons. The molecule has 0 spiro atoms. The van der Waals surface area contributed by atoms with Crippen LogP contribution < -0.4 is 16.0 Å². The number of aromatic nitrogens is 1. The molecule has 6 nitrogen and oxygen atoms in total. The normalized spacial score (nSPS) is 19.1. The van der Waals surface area contributed by atoms with E-state index in [-0.39, 0.29) is 12.1 Å². The maximum atomic E-state index is 12.6. The third kappa shape index (κ3) is 4.07. The summed E-state index contributed by atoms with van der Waals surface area (Å²) >= 11 is 0. The molecule has 1 aliphatic heterocycles. The van der Waals surface area contributed by atoms with Gasteiger partial charge in [-0.3, -0.25) is 9.88 Å². The van der Waals surface area contributed by atoms with Crippen LogP contribution in [0.5, 0.6) is 0 Å². The van der Waals surface area contributed by atoms with Gasteiger partial charge in [0.1, 0.15) is 5.60 Å². The number of hydrogen-bond donors (Lipinski definition) is 2. The second-order valence-corrected chi connectivity index (χ2v) is 6.29. The molecule has 0 bridgehead atoms. The van der Waals surface area contributed by atoms with Crippen molar-refractivity contribution >= 4 is 17.5 Å². The molecule has 1 aromatic heterocycles. The van der Waals surface area contributed by atoms with Gasteiger partial charge in [0.05, 0.1) is 23.6 Å². The minimum atomic E-state index is -0.547. The van der Waals surface area contributed by atoms with E-state index in [2.05, 4.69) is 10.3 Å². The highest BCUT2D eigenvalue weighted by atomic mass is 16.6. The average Bonchev–Trinajstić information content (AvgIpc) is 2.40. The lowest BCUT2D eigenvalue weighted by Gasteiger charge is -2.36. The molecule has 1 amide bonds. The largest absolute Gasteiger partial charge is 0.443 e. The van der Waals surface area contributed by atoms with E-state index in [1.807, 2.05) is 20.8 Å². The van der Waals surface area contributed by atoms with Crippen LogP contribution in [0.25, 0.3) is 0 Å². The second kappa shape index (κ2) is 6.30. The molecule has 1 fully saturated rings. The average molecular weight is 292 g/mol. The lowest BCUT2D eigenvalue weighted by molar-refractivity contribution is 0.0560. The Labute approximate surface area is 125 Å². The topological polar surface area (TPSA) is 80.5 Å². The van der Waals surface area contributed by atoms with E-state index in [0.29, 0.717) is 11.4 Å². The van der Waals surface area contributed by atoms with Crippen molar-refractivity contribution in [2.75, 3.05) is 23.7 Å². The summed E-state index contributed by atoms with van der Waals surface area (Å²) in [6.45, 7) is 7.27. The number of amides is 1. The lowest BCUT2D eigenvalue weighted by Crippen LogP contribution is -2.50. The van der Waals surface area contributed by atoms with E-state index in [1.54, 1.807) is 23.4 Å². The number of piperidine rings is 1. The summed E-state index contributed by atoms with van der Waals surface area (Å²) in [7, 11) is 0. The van der Waals surface area contributed by atoms with E-state index in [0.717, 1.165) is 25.9 Å². The molecule has 21 heavy (non-hydrogen) atoms. The fraction of sp³-hybridized carbons (Fsp3) is 0.600. The van der Waals surface area contributed by atoms with Gasteiger partial charge in [0.2, 0.25) is 0 Å². The van der Waals surface area contributed by atoms with Crippen molar-refractivity contribution in [3.05, 3.63) is 18.5 Å². The van der Waals surface area contributed by atoms with Gasteiger partial charge < -0.3 is 15.8 Å². The Kier molecular flexibility index (Phi) is 4.67. The molecule has 0 saturated carbocycles. The summed E-state index contributed by atoms with van der Waals surface area (Å²) in [6.07, 6.45) is 4.79. The number of nitrogen functional groups attached to an aromatic ring is 1. The molecule has 0 aromatic carbocycles. The maximum Gasteiger partial charge on any atom is 0.415 e. The van der Waals surface area contributed by atoms with Gasteiger partial charge in [0.25, 0.3) is 0 Å². The van der Waals surface area contributed by atoms with E-state index in [4.69, 9.17) is 10.5 Å². The molecular weight excluding hydrogens is 268 g/mol. The Morgan fingerprint density at radius 2 is 2.29 bits per heavy atom. The third-order valence-corrected chi connectivity index (χ3v) is 3.32. The van der Waals surface area contributed by atoms with E-state index < -0.39 is 5.60 Å². The van der Waals surface area contributed by atoms with Crippen LogP contribution >= 0.6 is 0 Å². The minimum Gasteiger partial charge on any atom is -0.443 e. The van der Waals surface area contributed by atoms with Crippen LogP contribution in [0.4, 0.5) is 16.2 Å². The van der Waals surface area contributed by atoms with Crippen molar-refractivity contribution in [2.24, 2.45) is 0 Å². The first kappa shape index (κ1) is 15.6. The smallest absolute Gasteiger partial charge is 0.415 e. The van der Waals surface area contributed by atoms with Crippen LogP contribution in [-0.4, -0.2) is 35.8 Å². The predicted molar refractivity (Wildman–Crippen MR) is 83.3 cm³/mol. The van der Waals surface area contributed by atoms with Gasteiger partial charge >= 0.3 is 6.09 Å². The highest BCUT2D eigenvalue weighted by molar-refractivity contribution is 5.92. The van der Waals surface area contributed by atoms with Crippen LogP contribution in [0.2, 0.25) is 0 Å². The highest BCUT2D eigenvalue weighted by Gasteiger charge is 2.31. The molecule has 3 N–H and O–H groups in total. The zero-order chi connectivity index (χ0) is 15.5. The maximum absolute atomic E-state index is 12.6. The van der Waals surface area contributed by atoms with Crippen LogP contribution in [-0.2, 0) is 4.74 Å².